The molecule has 18 heavy (non-hydrogen) atoms. The molecule has 9 nitrogen and oxygen atoms in total. The van der Waals surface area contributed by atoms with Crippen LogP contribution < -0.4 is 11.1 Å². The standard InChI is InChI=1S/C9H15N5O4/c10-9-12-3-7(14(17)18)8(13-9)11-2-1-6(4-15)5-16/h3,6,15-16H,1-2,4-5H2,(H3,10,11,12,13). The second-order valence-electron chi connectivity index (χ2n) is 3.67. The lowest BCUT2D eigenvalue weighted by molar-refractivity contribution is -0.384. The maximum Gasteiger partial charge on any atom is 0.329 e. The predicted octanol–water partition coefficient (Wildman–Crippen LogP) is -0.630. The minimum atomic E-state index is -0.614. The van der Waals surface area contributed by atoms with E-state index < -0.39 is 4.92 Å². The normalized spacial score (nSPS) is 10.6. The molecule has 1 aromatic heterocycles. The van der Waals surface area contributed by atoms with E-state index in [9.17, 15) is 10.1 Å². The summed E-state index contributed by atoms with van der Waals surface area (Å²) in [7, 11) is 0. The summed E-state index contributed by atoms with van der Waals surface area (Å²) < 4.78 is 0. The molecule has 1 rings (SSSR count). The van der Waals surface area contributed by atoms with Gasteiger partial charge in [-0.15, -0.1) is 0 Å². The average molecular weight is 257 g/mol. The Kier molecular flexibility index (Phi) is 5.21. The van der Waals surface area contributed by atoms with Gasteiger partial charge in [0.1, 0.15) is 6.20 Å². The molecule has 0 atom stereocenters. The van der Waals surface area contributed by atoms with Gasteiger partial charge in [-0.1, -0.05) is 0 Å². The van der Waals surface area contributed by atoms with Gasteiger partial charge in [-0.25, -0.2) is 4.98 Å². The van der Waals surface area contributed by atoms with E-state index in [2.05, 4.69) is 15.3 Å². The van der Waals surface area contributed by atoms with Crippen LogP contribution >= 0.6 is 0 Å². The number of aromatic nitrogens is 2. The molecule has 0 aliphatic carbocycles. The fourth-order valence-electron chi connectivity index (χ4n) is 1.29. The number of nitrogens with one attached hydrogen (secondary N) is 1. The van der Waals surface area contributed by atoms with E-state index in [0.717, 1.165) is 6.20 Å². The number of hydrogen-bond donors (Lipinski definition) is 4. The topological polar surface area (TPSA) is 147 Å². The largest absolute Gasteiger partial charge is 0.396 e. The molecule has 9 heteroatoms. The Balaban J connectivity index is 2.66. The summed E-state index contributed by atoms with van der Waals surface area (Å²) >= 11 is 0. The molecule has 0 aliphatic rings. The summed E-state index contributed by atoms with van der Waals surface area (Å²) in [6.45, 7) is 0.0292. The Morgan fingerprint density at radius 1 is 1.50 bits per heavy atom. The van der Waals surface area contributed by atoms with Crippen molar-refractivity contribution in [2.24, 2.45) is 5.92 Å². The van der Waals surface area contributed by atoms with Gasteiger partial charge in [0.05, 0.1) is 4.92 Å². The van der Waals surface area contributed by atoms with Gasteiger partial charge in [0, 0.05) is 25.7 Å². The molecule has 5 N–H and O–H groups in total. The minimum absolute atomic E-state index is 0.0297. The van der Waals surface area contributed by atoms with Crippen LogP contribution in [0.3, 0.4) is 0 Å². The Bertz CT molecular complexity index is 410. The van der Waals surface area contributed by atoms with E-state index in [1.165, 1.54) is 0 Å². The molecule has 0 bridgehead atoms. The van der Waals surface area contributed by atoms with Crippen LogP contribution in [0, 0.1) is 16.0 Å². The SMILES string of the molecule is Nc1ncc([N+](=O)[O-])c(NCCC(CO)CO)n1. The maximum absolute atomic E-state index is 10.7. The zero-order valence-electron chi connectivity index (χ0n) is 9.61. The molecule has 0 saturated heterocycles. The number of nitrogens with two attached hydrogens (primary N) is 1. The summed E-state index contributed by atoms with van der Waals surface area (Å²) in [5.41, 5.74) is 5.08. The van der Waals surface area contributed by atoms with E-state index >= 15 is 0 Å². The summed E-state index contributed by atoms with van der Waals surface area (Å²) in [4.78, 5) is 17.4. The van der Waals surface area contributed by atoms with Gasteiger partial charge in [-0.2, -0.15) is 4.98 Å². The molecule has 1 heterocycles. The third-order valence-electron chi connectivity index (χ3n) is 2.35. The highest BCUT2D eigenvalue weighted by atomic mass is 16.6. The van der Waals surface area contributed by atoms with E-state index in [0.29, 0.717) is 13.0 Å². The molecule has 0 aliphatic heterocycles. The first-order valence-electron chi connectivity index (χ1n) is 5.31. The third kappa shape index (κ3) is 3.79. The maximum atomic E-state index is 10.7. The summed E-state index contributed by atoms with van der Waals surface area (Å²) in [5.74, 6) is -0.304. The molecule has 0 saturated carbocycles. The number of hydrogen-bond acceptors (Lipinski definition) is 8. The zero-order valence-corrected chi connectivity index (χ0v) is 9.61. The Morgan fingerprint density at radius 2 is 2.17 bits per heavy atom. The fourth-order valence-corrected chi connectivity index (χ4v) is 1.29. The first kappa shape index (κ1) is 14.1. The van der Waals surface area contributed by atoms with Crippen LogP contribution in [-0.2, 0) is 0 Å². The number of nitrogens with zero attached hydrogens (tertiary/aromatic N) is 3. The third-order valence-corrected chi connectivity index (χ3v) is 2.35. The fraction of sp³-hybridized carbons (Fsp3) is 0.556. The monoisotopic (exact) mass is 257 g/mol. The first-order valence-corrected chi connectivity index (χ1v) is 5.31. The Hall–Kier alpha value is -2.00. The van der Waals surface area contributed by atoms with Crippen molar-refractivity contribution in [3.05, 3.63) is 16.3 Å². The molecule has 100 valence electrons. The summed E-state index contributed by atoms with van der Waals surface area (Å²) in [6, 6.07) is 0. The molecule has 0 unspecified atom stereocenters. The highest BCUT2D eigenvalue weighted by Gasteiger charge is 2.16. The molecular formula is C9H15N5O4. The predicted molar refractivity (Wildman–Crippen MR) is 63.9 cm³/mol. The molecule has 0 radical (unpaired) electrons. The molecule has 1 aromatic rings. The molecular weight excluding hydrogens is 242 g/mol. The Labute approximate surface area is 103 Å². The van der Waals surface area contributed by atoms with Crippen LogP contribution in [0.5, 0.6) is 0 Å². The lowest BCUT2D eigenvalue weighted by atomic mass is 10.1. The van der Waals surface area contributed by atoms with Gasteiger partial charge < -0.3 is 21.3 Å². The minimum Gasteiger partial charge on any atom is -0.396 e. The van der Waals surface area contributed by atoms with E-state index in [-0.39, 0.29) is 36.6 Å². The van der Waals surface area contributed by atoms with Gasteiger partial charge in [-0.05, 0) is 6.42 Å². The van der Waals surface area contributed by atoms with Crippen molar-refractivity contribution in [3.8, 4) is 0 Å². The van der Waals surface area contributed by atoms with Crippen LogP contribution in [0.25, 0.3) is 0 Å². The number of anilines is 2. The quantitative estimate of drug-likeness (QED) is 0.372. The second-order valence-corrected chi connectivity index (χ2v) is 3.67. The number of aliphatic hydroxyl groups excluding tert-OH is 2. The lowest BCUT2D eigenvalue weighted by Crippen LogP contribution is -2.17. The summed E-state index contributed by atoms with van der Waals surface area (Å²) in [6.07, 6.45) is 1.48. The number of nitrogen functional groups attached to an aromatic ring is 1. The second kappa shape index (κ2) is 6.67. The van der Waals surface area contributed by atoms with E-state index in [4.69, 9.17) is 15.9 Å². The molecule has 0 spiro atoms. The number of rotatable bonds is 7. The molecule has 0 fully saturated rings. The smallest absolute Gasteiger partial charge is 0.329 e. The van der Waals surface area contributed by atoms with Gasteiger partial charge in [0.25, 0.3) is 0 Å². The number of nitro groups is 1. The van der Waals surface area contributed by atoms with Crippen LogP contribution in [0.2, 0.25) is 0 Å². The van der Waals surface area contributed by atoms with Crippen molar-refractivity contribution < 1.29 is 15.1 Å². The molecule has 0 aromatic carbocycles. The van der Waals surface area contributed by atoms with Crippen LogP contribution in [0.4, 0.5) is 17.5 Å². The van der Waals surface area contributed by atoms with E-state index in [1.807, 2.05) is 0 Å². The van der Waals surface area contributed by atoms with Crippen LogP contribution in [-0.4, -0.2) is 44.9 Å². The zero-order chi connectivity index (χ0) is 13.5. The summed E-state index contributed by atoms with van der Waals surface area (Å²) in [5, 5.41) is 31.2. The van der Waals surface area contributed by atoms with Gasteiger partial charge in [0.2, 0.25) is 11.8 Å². The van der Waals surface area contributed by atoms with Crippen LogP contribution in [0.1, 0.15) is 6.42 Å². The van der Waals surface area contributed by atoms with Crippen LogP contribution in [0.15, 0.2) is 6.20 Å². The number of aliphatic hydroxyl groups is 2. The van der Waals surface area contributed by atoms with Gasteiger partial charge in [0.15, 0.2) is 0 Å². The van der Waals surface area contributed by atoms with Crippen molar-refractivity contribution in [3.63, 3.8) is 0 Å². The van der Waals surface area contributed by atoms with Gasteiger partial charge >= 0.3 is 5.69 Å². The average Bonchev–Trinajstić information content (AvgIpc) is 2.34. The van der Waals surface area contributed by atoms with E-state index in [1.54, 1.807) is 0 Å². The van der Waals surface area contributed by atoms with Crippen molar-refractivity contribution in [2.75, 3.05) is 30.8 Å². The lowest BCUT2D eigenvalue weighted by Gasteiger charge is -2.11. The van der Waals surface area contributed by atoms with Gasteiger partial charge in [-0.3, -0.25) is 10.1 Å². The van der Waals surface area contributed by atoms with Crippen molar-refractivity contribution in [2.45, 2.75) is 6.42 Å². The molecule has 0 amide bonds. The van der Waals surface area contributed by atoms with Crippen molar-refractivity contribution in [1.82, 2.24) is 9.97 Å². The van der Waals surface area contributed by atoms with Crippen molar-refractivity contribution >= 4 is 17.5 Å². The highest BCUT2D eigenvalue weighted by molar-refractivity contribution is 5.56. The Morgan fingerprint density at radius 3 is 2.72 bits per heavy atom. The van der Waals surface area contributed by atoms with Crippen molar-refractivity contribution in [1.29, 1.82) is 0 Å². The first-order chi connectivity index (χ1) is 8.58. The highest BCUT2D eigenvalue weighted by Crippen LogP contribution is 2.21.